The average molecular weight is 556 g/mol. The van der Waals surface area contributed by atoms with Gasteiger partial charge in [0.1, 0.15) is 19.9 Å². The predicted molar refractivity (Wildman–Crippen MR) is 159 cm³/mol. The Hall–Kier alpha value is -3.11. The van der Waals surface area contributed by atoms with Gasteiger partial charge in [-0.3, -0.25) is 14.5 Å². The minimum Gasteiger partial charge on any atom is -0.381 e. The van der Waals surface area contributed by atoms with Crippen molar-refractivity contribution in [1.29, 1.82) is 0 Å². The first kappa shape index (κ1) is 32.4. The molecule has 8 nitrogen and oxygen atoms in total. The van der Waals surface area contributed by atoms with Crippen LogP contribution in [0, 0.1) is 12.7 Å². The second kappa shape index (κ2) is 13.7. The second-order valence-corrected chi connectivity index (χ2v) is 10.7. The van der Waals surface area contributed by atoms with Gasteiger partial charge in [-0.25, -0.2) is 4.39 Å². The summed E-state index contributed by atoms with van der Waals surface area (Å²) in [6.07, 6.45) is 0.804. The summed E-state index contributed by atoms with van der Waals surface area (Å²) >= 11 is 0. The highest BCUT2D eigenvalue weighted by Crippen LogP contribution is 2.36. The molecular formula is C29H36B3FN4O4. The highest BCUT2D eigenvalue weighted by Gasteiger charge is 2.45. The van der Waals surface area contributed by atoms with Gasteiger partial charge in [0.15, 0.2) is 0 Å². The summed E-state index contributed by atoms with van der Waals surface area (Å²) in [6, 6.07) is 10.2. The Bertz CT molecular complexity index is 1240. The van der Waals surface area contributed by atoms with Gasteiger partial charge in [-0.2, -0.15) is 0 Å². The van der Waals surface area contributed by atoms with Gasteiger partial charge >= 0.3 is 0 Å². The van der Waals surface area contributed by atoms with E-state index in [-0.39, 0.29) is 43.0 Å². The zero-order valence-electron chi connectivity index (χ0n) is 24.2. The molecule has 0 saturated carbocycles. The number of carbonyl (C=O) groups excluding carboxylic acids is 3. The number of likely N-dealkylation sites (N-methyl/N-ethyl adjacent to an activating group) is 1. The van der Waals surface area contributed by atoms with Crippen LogP contribution in [0.5, 0.6) is 0 Å². The number of anilines is 1. The maximum absolute atomic E-state index is 14.9. The summed E-state index contributed by atoms with van der Waals surface area (Å²) in [6.45, 7) is 8.14. The average Bonchev–Trinajstić information content (AvgIpc) is 2.91. The summed E-state index contributed by atoms with van der Waals surface area (Å²) in [5, 5.41) is 3.54. The molecule has 0 spiro atoms. The van der Waals surface area contributed by atoms with Crippen LogP contribution in [0.1, 0.15) is 48.9 Å². The first-order chi connectivity index (χ1) is 19.4. The number of amides is 2. The summed E-state index contributed by atoms with van der Waals surface area (Å²) < 4.78 is 20.7. The number of aryl methyl sites for hydroxylation is 1. The zero-order valence-corrected chi connectivity index (χ0v) is 24.2. The van der Waals surface area contributed by atoms with Crippen molar-refractivity contribution in [3.8, 4) is 0 Å². The van der Waals surface area contributed by atoms with Crippen LogP contribution in [0.15, 0.2) is 36.4 Å². The number of hydrogen-bond acceptors (Lipinski definition) is 6. The van der Waals surface area contributed by atoms with Gasteiger partial charge in [0.2, 0.25) is 12.3 Å². The molecule has 41 heavy (non-hydrogen) atoms. The van der Waals surface area contributed by atoms with Gasteiger partial charge in [0, 0.05) is 50.9 Å². The Labute approximate surface area is 246 Å². The molecule has 6 radical (unpaired) electrons. The lowest BCUT2D eigenvalue weighted by Gasteiger charge is -2.50. The lowest BCUT2D eigenvalue weighted by molar-refractivity contribution is -0.137. The summed E-state index contributed by atoms with van der Waals surface area (Å²) in [4.78, 5) is 39.4. The predicted octanol–water partition coefficient (Wildman–Crippen LogP) is 1.85. The molecule has 0 aliphatic carbocycles. The fourth-order valence-corrected chi connectivity index (χ4v) is 5.54. The number of halogens is 1. The first-order valence-electron chi connectivity index (χ1n) is 13.6. The maximum atomic E-state index is 14.9. The molecule has 1 saturated heterocycles. The number of nitrogens with one attached hydrogen (secondary N) is 2. The van der Waals surface area contributed by atoms with Gasteiger partial charge in [-0.1, -0.05) is 18.2 Å². The molecule has 0 aromatic heterocycles. The lowest BCUT2D eigenvalue weighted by Crippen LogP contribution is -2.66. The van der Waals surface area contributed by atoms with E-state index in [0.29, 0.717) is 36.1 Å². The van der Waals surface area contributed by atoms with Crippen LogP contribution in [0.3, 0.4) is 0 Å². The van der Waals surface area contributed by atoms with E-state index < -0.39 is 16.7 Å². The molecule has 2 N–H and O–H groups in total. The quantitative estimate of drug-likeness (QED) is 0.290. The van der Waals surface area contributed by atoms with Crippen LogP contribution in [0.4, 0.5) is 10.1 Å². The minimum atomic E-state index is -2.08. The van der Waals surface area contributed by atoms with Crippen LogP contribution >= 0.6 is 0 Å². The van der Waals surface area contributed by atoms with E-state index in [1.165, 1.54) is 13.1 Å². The largest absolute Gasteiger partial charge is 0.381 e. The molecule has 212 valence electrons. The Morgan fingerprint density at radius 1 is 1.17 bits per heavy atom. The van der Waals surface area contributed by atoms with Crippen LogP contribution in [-0.4, -0.2) is 89.7 Å². The Balaban J connectivity index is 1.91. The number of aldehydes is 1. The van der Waals surface area contributed by atoms with Crippen molar-refractivity contribution in [3.05, 3.63) is 64.5 Å². The number of carbonyl (C=O) groups is 3. The molecule has 2 amide bonds. The van der Waals surface area contributed by atoms with E-state index in [1.807, 2.05) is 19.9 Å². The smallest absolute Gasteiger partial charge is 0.235 e. The number of hydrogen-bond donors (Lipinski definition) is 2. The van der Waals surface area contributed by atoms with Crippen molar-refractivity contribution in [2.24, 2.45) is 0 Å². The third-order valence-electron chi connectivity index (χ3n) is 7.35. The first-order valence-corrected chi connectivity index (χ1v) is 13.6. The van der Waals surface area contributed by atoms with Crippen LogP contribution in [0.25, 0.3) is 0 Å². The molecule has 3 rings (SSSR count). The topological polar surface area (TPSA) is 91.0 Å². The third-order valence-corrected chi connectivity index (χ3v) is 7.35. The molecule has 2 aromatic carbocycles. The second-order valence-electron chi connectivity index (χ2n) is 10.7. The van der Waals surface area contributed by atoms with Gasteiger partial charge in [-0.05, 0) is 67.4 Å². The molecule has 3 unspecified atom stereocenters. The molecule has 2 aromatic rings. The van der Waals surface area contributed by atoms with Gasteiger partial charge in [0.25, 0.3) is 0 Å². The number of nitrogens with zero attached hydrogens (tertiary/aromatic N) is 2. The van der Waals surface area contributed by atoms with Crippen molar-refractivity contribution in [1.82, 2.24) is 15.1 Å². The Morgan fingerprint density at radius 3 is 2.46 bits per heavy atom. The van der Waals surface area contributed by atoms with Gasteiger partial charge < -0.3 is 25.1 Å². The van der Waals surface area contributed by atoms with Crippen molar-refractivity contribution < 1.29 is 23.5 Å². The molecule has 1 fully saturated rings. The fourth-order valence-electron chi connectivity index (χ4n) is 5.54. The van der Waals surface area contributed by atoms with E-state index in [0.717, 1.165) is 23.6 Å². The van der Waals surface area contributed by atoms with E-state index in [9.17, 15) is 18.8 Å². The summed E-state index contributed by atoms with van der Waals surface area (Å²) in [5.74, 6) is -1.12. The van der Waals surface area contributed by atoms with E-state index >= 15 is 0 Å². The number of rotatable bonds is 13. The molecule has 12 heteroatoms. The van der Waals surface area contributed by atoms with Crippen molar-refractivity contribution in [2.75, 3.05) is 25.5 Å². The SMILES string of the molecule is [B]C(CCC=O)(C(=O)NC)N(C=O)C([B])([B])c1c(C)cccc1NCc1cc(CN2CC(C)OC(C)C2)ccc1F. The van der Waals surface area contributed by atoms with Crippen molar-refractivity contribution >= 4 is 47.8 Å². The van der Waals surface area contributed by atoms with E-state index in [2.05, 4.69) is 15.5 Å². The monoisotopic (exact) mass is 556 g/mol. The van der Waals surface area contributed by atoms with Crippen molar-refractivity contribution in [3.63, 3.8) is 0 Å². The number of benzene rings is 2. The summed E-state index contributed by atoms with van der Waals surface area (Å²) in [7, 11) is 20.9. The molecule has 1 aliphatic heterocycles. The maximum Gasteiger partial charge on any atom is 0.235 e. The Kier molecular flexibility index (Phi) is 10.8. The fraction of sp³-hybridized carbons (Fsp3) is 0.483. The summed E-state index contributed by atoms with van der Waals surface area (Å²) in [5.41, 5.74) is 0.686. The highest BCUT2D eigenvalue weighted by atomic mass is 19.1. The van der Waals surface area contributed by atoms with Crippen LogP contribution in [0.2, 0.25) is 0 Å². The van der Waals surface area contributed by atoms with Crippen molar-refractivity contribution in [2.45, 2.75) is 69.7 Å². The van der Waals surface area contributed by atoms with Crippen LogP contribution < -0.4 is 10.6 Å². The van der Waals surface area contributed by atoms with E-state index in [1.54, 1.807) is 31.2 Å². The zero-order chi connectivity index (χ0) is 30.4. The number of ether oxygens (including phenoxy) is 1. The standard InChI is InChI=1S/C29H36B3FN4O4/c1-19-7-5-8-25(26(19)29(31,32)37(18-39)28(30,11-6-12-38)27(40)34-4)35-14-23-13-22(9-10-24(23)33)17-36-15-20(2)41-21(3)16-36/h5,7-10,12-13,18,20-21,35H,6,11,14-17H2,1-4H3,(H,34,40). The lowest BCUT2D eigenvalue weighted by atomic mass is 9.53. The molecule has 3 atom stereocenters. The third kappa shape index (κ3) is 7.40. The van der Waals surface area contributed by atoms with Gasteiger partial charge in [0.05, 0.1) is 33.3 Å². The number of morpholine rings is 1. The molecule has 0 bridgehead atoms. The Morgan fingerprint density at radius 2 is 1.85 bits per heavy atom. The molecule has 1 heterocycles. The van der Waals surface area contributed by atoms with Crippen LogP contribution in [-0.2, 0) is 37.5 Å². The molecule has 1 aliphatic rings. The van der Waals surface area contributed by atoms with Gasteiger partial charge in [-0.15, -0.1) is 0 Å². The van der Waals surface area contributed by atoms with E-state index in [4.69, 9.17) is 28.3 Å². The normalized spacial score (nSPS) is 19.1. The minimum absolute atomic E-state index is 0.0948. The molecular weight excluding hydrogens is 520 g/mol. The highest BCUT2D eigenvalue weighted by molar-refractivity contribution is 6.42.